The summed E-state index contributed by atoms with van der Waals surface area (Å²) in [5.41, 5.74) is -1.80. The maximum Gasteiger partial charge on any atom is 0.490 e. The Bertz CT molecular complexity index is 666. The molecule has 0 rings (SSSR count). The first-order chi connectivity index (χ1) is 15.0. The maximum absolute atomic E-state index is 12.6. The molecule has 0 N–H and O–H groups in total. The summed E-state index contributed by atoms with van der Waals surface area (Å²) in [6.45, 7) is 4.21. The third-order valence-electron chi connectivity index (χ3n) is 4.83. The van der Waals surface area contributed by atoms with Gasteiger partial charge in [-0.1, -0.05) is 25.7 Å². The van der Waals surface area contributed by atoms with Gasteiger partial charge in [-0.05, 0) is 12.8 Å². The van der Waals surface area contributed by atoms with E-state index in [2.05, 4.69) is 16.6 Å². The first-order valence-corrected chi connectivity index (χ1v) is 9.97. The Hall–Kier alpha value is -2.27. The van der Waals surface area contributed by atoms with Gasteiger partial charge in [-0.15, -0.1) is 12.8 Å². The second-order valence-electron chi connectivity index (χ2n) is 7.45. The summed E-state index contributed by atoms with van der Waals surface area (Å²) in [4.78, 5) is 22.5. The molecular formula is C22H31F3O7. The fourth-order valence-corrected chi connectivity index (χ4v) is 2.55. The molecular weight excluding hydrogens is 433 g/mol. The van der Waals surface area contributed by atoms with Crippen molar-refractivity contribution < 1.29 is 46.4 Å². The van der Waals surface area contributed by atoms with E-state index in [0.717, 1.165) is 0 Å². The number of rotatable bonds is 16. The second kappa shape index (κ2) is 14.7. The van der Waals surface area contributed by atoms with Crippen molar-refractivity contribution in [3.05, 3.63) is 0 Å². The SMILES string of the molecule is C#CCOCC(CC)(COCC(CC)(COCC#C)COC(=O)C(F)(F)F)COC(C)=O. The van der Waals surface area contributed by atoms with Gasteiger partial charge < -0.3 is 23.7 Å². The molecule has 0 aliphatic carbocycles. The summed E-state index contributed by atoms with van der Waals surface area (Å²) in [5, 5.41) is 0. The average molecular weight is 464 g/mol. The monoisotopic (exact) mass is 464 g/mol. The van der Waals surface area contributed by atoms with Crippen molar-refractivity contribution in [2.75, 3.05) is 52.9 Å². The smallest absolute Gasteiger partial charge is 0.465 e. The highest BCUT2D eigenvalue weighted by Crippen LogP contribution is 2.29. The van der Waals surface area contributed by atoms with Gasteiger partial charge in [0.15, 0.2) is 0 Å². The van der Waals surface area contributed by atoms with Gasteiger partial charge >= 0.3 is 18.1 Å². The quantitative estimate of drug-likeness (QED) is 0.197. The topological polar surface area (TPSA) is 80.3 Å². The maximum atomic E-state index is 12.6. The number of carbonyl (C=O) groups is 2. The zero-order chi connectivity index (χ0) is 24.7. The minimum absolute atomic E-state index is 0.000811. The highest BCUT2D eigenvalue weighted by atomic mass is 19.4. The summed E-state index contributed by atoms with van der Waals surface area (Å²) >= 11 is 0. The summed E-state index contributed by atoms with van der Waals surface area (Å²) in [6.07, 6.45) is 6.02. The third-order valence-corrected chi connectivity index (χ3v) is 4.83. The van der Waals surface area contributed by atoms with Crippen molar-refractivity contribution in [1.82, 2.24) is 0 Å². The van der Waals surface area contributed by atoms with Gasteiger partial charge in [0.1, 0.15) is 26.4 Å². The molecule has 0 heterocycles. The normalized spacial score (nSPS) is 15.0. The van der Waals surface area contributed by atoms with Crippen LogP contribution in [0, 0.1) is 35.5 Å². The van der Waals surface area contributed by atoms with Gasteiger partial charge in [0.05, 0.1) is 37.3 Å². The lowest BCUT2D eigenvalue weighted by Gasteiger charge is -2.35. The molecule has 0 amide bonds. The number of carbonyl (C=O) groups excluding carboxylic acids is 2. The third kappa shape index (κ3) is 11.4. The van der Waals surface area contributed by atoms with Gasteiger partial charge in [-0.2, -0.15) is 13.2 Å². The number of hydrogen-bond acceptors (Lipinski definition) is 7. The van der Waals surface area contributed by atoms with Crippen LogP contribution in [-0.4, -0.2) is 71.0 Å². The van der Waals surface area contributed by atoms with Crippen LogP contribution in [0.1, 0.15) is 33.6 Å². The van der Waals surface area contributed by atoms with Gasteiger partial charge in [-0.3, -0.25) is 4.79 Å². The van der Waals surface area contributed by atoms with E-state index in [4.69, 9.17) is 31.8 Å². The molecule has 0 saturated heterocycles. The molecule has 0 aromatic heterocycles. The molecule has 0 aromatic rings. The van der Waals surface area contributed by atoms with Crippen molar-refractivity contribution in [3.63, 3.8) is 0 Å². The Balaban J connectivity index is 5.34. The van der Waals surface area contributed by atoms with E-state index in [9.17, 15) is 22.8 Å². The van der Waals surface area contributed by atoms with E-state index >= 15 is 0 Å². The van der Waals surface area contributed by atoms with Crippen LogP contribution in [-0.2, 0) is 33.3 Å². The van der Waals surface area contributed by atoms with Crippen LogP contribution in [0.25, 0.3) is 0 Å². The van der Waals surface area contributed by atoms with E-state index in [1.165, 1.54) is 6.92 Å². The fourth-order valence-electron chi connectivity index (χ4n) is 2.55. The molecule has 0 fully saturated rings. The molecule has 0 radical (unpaired) electrons. The fraction of sp³-hybridized carbons (Fsp3) is 0.727. The van der Waals surface area contributed by atoms with Crippen molar-refractivity contribution in [3.8, 4) is 24.7 Å². The van der Waals surface area contributed by atoms with Crippen molar-refractivity contribution in [2.45, 2.75) is 39.8 Å². The molecule has 10 heteroatoms. The lowest BCUT2D eigenvalue weighted by atomic mass is 9.86. The zero-order valence-electron chi connectivity index (χ0n) is 18.7. The van der Waals surface area contributed by atoms with Crippen LogP contribution in [0.3, 0.4) is 0 Å². The Kier molecular flexibility index (Phi) is 13.7. The Labute approximate surface area is 187 Å². The van der Waals surface area contributed by atoms with Crippen LogP contribution in [0.15, 0.2) is 0 Å². The van der Waals surface area contributed by atoms with Crippen LogP contribution in [0.2, 0.25) is 0 Å². The highest BCUT2D eigenvalue weighted by Gasteiger charge is 2.43. The Morgan fingerprint density at radius 3 is 1.50 bits per heavy atom. The van der Waals surface area contributed by atoms with Crippen LogP contribution < -0.4 is 0 Å². The minimum Gasteiger partial charge on any atom is -0.465 e. The number of terminal acetylenes is 2. The number of ether oxygens (including phenoxy) is 5. The number of esters is 2. The predicted octanol–water partition coefficient (Wildman–Crippen LogP) is 2.76. The van der Waals surface area contributed by atoms with Crippen LogP contribution >= 0.6 is 0 Å². The summed E-state index contributed by atoms with van der Waals surface area (Å²) in [5.74, 6) is 1.83. The van der Waals surface area contributed by atoms with Gasteiger partial charge in [0.2, 0.25) is 0 Å². The number of halogens is 3. The van der Waals surface area contributed by atoms with Gasteiger partial charge in [0, 0.05) is 6.92 Å². The first kappa shape index (κ1) is 29.7. The number of hydrogen-bond donors (Lipinski definition) is 0. The van der Waals surface area contributed by atoms with Crippen molar-refractivity contribution in [1.29, 1.82) is 0 Å². The zero-order valence-corrected chi connectivity index (χ0v) is 18.7. The Morgan fingerprint density at radius 1 is 0.750 bits per heavy atom. The largest absolute Gasteiger partial charge is 0.490 e. The standard InChI is InChI=1S/C22H31F3O7/c1-6-10-28-12-20(8-3,16-31-18(5)26)14-30-15-21(9-4,13-29-11-7-2)17-32-19(27)22(23,24)25/h1-2H,8-17H2,3-5H3. The molecule has 2 atom stereocenters. The van der Waals surface area contributed by atoms with Gasteiger partial charge in [0.25, 0.3) is 0 Å². The van der Waals surface area contributed by atoms with Crippen LogP contribution in [0.4, 0.5) is 13.2 Å². The molecule has 182 valence electrons. The summed E-state index contributed by atoms with van der Waals surface area (Å²) in [6, 6.07) is 0. The molecule has 0 spiro atoms. The van der Waals surface area contributed by atoms with Crippen LogP contribution in [0.5, 0.6) is 0 Å². The highest BCUT2D eigenvalue weighted by molar-refractivity contribution is 5.75. The molecule has 2 unspecified atom stereocenters. The van der Waals surface area contributed by atoms with E-state index < -0.39 is 35.6 Å². The molecule has 0 aliphatic rings. The van der Waals surface area contributed by atoms with Crippen molar-refractivity contribution >= 4 is 11.9 Å². The van der Waals surface area contributed by atoms with E-state index in [-0.39, 0.29) is 52.7 Å². The molecule has 7 nitrogen and oxygen atoms in total. The molecule has 0 aliphatic heterocycles. The minimum atomic E-state index is -5.12. The number of alkyl halides is 3. The molecule has 0 aromatic carbocycles. The van der Waals surface area contributed by atoms with E-state index in [1.54, 1.807) is 6.92 Å². The van der Waals surface area contributed by atoms with Gasteiger partial charge in [-0.25, -0.2) is 4.79 Å². The Morgan fingerprint density at radius 2 is 1.16 bits per heavy atom. The van der Waals surface area contributed by atoms with E-state index in [0.29, 0.717) is 6.42 Å². The lowest BCUT2D eigenvalue weighted by molar-refractivity contribution is -0.205. The average Bonchev–Trinajstić information content (AvgIpc) is 2.74. The lowest BCUT2D eigenvalue weighted by Crippen LogP contribution is -2.42. The second-order valence-corrected chi connectivity index (χ2v) is 7.45. The predicted molar refractivity (Wildman–Crippen MR) is 109 cm³/mol. The molecule has 0 bridgehead atoms. The van der Waals surface area contributed by atoms with Crippen molar-refractivity contribution in [2.24, 2.45) is 10.8 Å². The summed E-state index contributed by atoms with van der Waals surface area (Å²) < 4.78 is 63.9. The molecule has 0 saturated carbocycles. The first-order valence-electron chi connectivity index (χ1n) is 9.97. The summed E-state index contributed by atoms with van der Waals surface area (Å²) in [7, 11) is 0. The molecule has 32 heavy (non-hydrogen) atoms. The van der Waals surface area contributed by atoms with E-state index in [1.807, 2.05) is 6.92 Å².